The van der Waals surface area contributed by atoms with Crippen molar-refractivity contribution in [3.05, 3.63) is 34.5 Å². The fourth-order valence-electron chi connectivity index (χ4n) is 2.48. The molecule has 0 aromatic carbocycles. The van der Waals surface area contributed by atoms with Crippen LogP contribution < -0.4 is 11.1 Å². The Hall–Kier alpha value is -1.37. The number of nitrogens with zero attached hydrogens (tertiary/aromatic N) is 2. The predicted octanol–water partition coefficient (Wildman–Crippen LogP) is 1.99. The molecule has 1 aromatic heterocycles. The molecule has 22 heavy (non-hydrogen) atoms. The predicted molar refractivity (Wildman–Crippen MR) is 93.4 cm³/mol. The van der Waals surface area contributed by atoms with Gasteiger partial charge >= 0.3 is 0 Å². The number of thiophene rings is 1. The van der Waals surface area contributed by atoms with E-state index in [9.17, 15) is 0 Å². The van der Waals surface area contributed by atoms with E-state index in [0.29, 0.717) is 19.0 Å². The van der Waals surface area contributed by atoms with E-state index in [1.54, 1.807) is 11.3 Å². The highest BCUT2D eigenvalue weighted by Crippen LogP contribution is 2.27. The Morgan fingerprint density at radius 1 is 1.68 bits per heavy atom. The zero-order valence-corrected chi connectivity index (χ0v) is 14.2. The van der Waals surface area contributed by atoms with Crippen LogP contribution in [0.5, 0.6) is 0 Å². The van der Waals surface area contributed by atoms with Gasteiger partial charge in [0.25, 0.3) is 0 Å². The third-order valence-corrected chi connectivity index (χ3v) is 4.56. The van der Waals surface area contributed by atoms with E-state index in [-0.39, 0.29) is 12.1 Å². The maximum absolute atomic E-state index is 5.94. The van der Waals surface area contributed by atoms with Crippen molar-refractivity contribution in [3.8, 4) is 0 Å². The molecule has 1 aromatic rings. The van der Waals surface area contributed by atoms with Crippen molar-refractivity contribution < 1.29 is 4.74 Å². The molecule has 0 amide bonds. The van der Waals surface area contributed by atoms with Gasteiger partial charge in [0.1, 0.15) is 0 Å². The summed E-state index contributed by atoms with van der Waals surface area (Å²) in [5.74, 6) is 0.478. The fourth-order valence-corrected chi connectivity index (χ4v) is 3.33. The smallest absolute Gasteiger partial charge is 0.188 e. The van der Waals surface area contributed by atoms with Gasteiger partial charge in [-0.3, -0.25) is 9.89 Å². The quantitative estimate of drug-likeness (QED) is 0.478. The lowest BCUT2D eigenvalue weighted by Gasteiger charge is -2.36. The molecule has 1 aliphatic heterocycles. The number of guanidine groups is 1. The van der Waals surface area contributed by atoms with Crippen molar-refractivity contribution in [2.75, 3.05) is 32.8 Å². The monoisotopic (exact) mass is 322 g/mol. The molecule has 2 heterocycles. The van der Waals surface area contributed by atoms with E-state index in [0.717, 1.165) is 25.3 Å². The maximum atomic E-state index is 5.94. The Morgan fingerprint density at radius 2 is 2.50 bits per heavy atom. The molecule has 6 heteroatoms. The summed E-state index contributed by atoms with van der Waals surface area (Å²) in [5.41, 5.74) is 6.98. The van der Waals surface area contributed by atoms with Gasteiger partial charge in [0, 0.05) is 24.5 Å². The van der Waals surface area contributed by atoms with Crippen molar-refractivity contribution in [1.29, 1.82) is 0 Å². The first-order valence-electron chi connectivity index (χ1n) is 7.63. The highest BCUT2D eigenvalue weighted by molar-refractivity contribution is 7.10. The highest BCUT2D eigenvalue weighted by atomic mass is 32.1. The summed E-state index contributed by atoms with van der Waals surface area (Å²) in [6, 6.07) is 4.52. The van der Waals surface area contributed by atoms with Crippen LogP contribution in [0.25, 0.3) is 0 Å². The van der Waals surface area contributed by atoms with Gasteiger partial charge in [0.2, 0.25) is 0 Å². The first-order chi connectivity index (χ1) is 10.6. The van der Waals surface area contributed by atoms with Crippen LogP contribution in [0.2, 0.25) is 0 Å². The van der Waals surface area contributed by atoms with Gasteiger partial charge in [0.15, 0.2) is 5.96 Å². The second-order valence-corrected chi connectivity index (χ2v) is 6.72. The van der Waals surface area contributed by atoms with E-state index >= 15 is 0 Å². The number of rotatable bonds is 6. The van der Waals surface area contributed by atoms with Crippen LogP contribution >= 0.6 is 11.3 Å². The highest BCUT2D eigenvalue weighted by Gasteiger charge is 2.26. The average molecular weight is 322 g/mol. The molecular formula is C16H26N4OS. The molecule has 0 bridgehead atoms. The molecule has 122 valence electrons. The SMILES string of the molecule is C=C(C)CNC(N)=NCC(c1cccs1)N1CCOC(C)C1. The molecule has 2 rings (SSSR count). The van der Waals surface area contributed by atoms with Crippen molar-refractivity contribution in [2.24, 2.45) is 10.7 Å². The number of aliphatic imine (C=N–C) groups is 1. The molecule has 3 N–H and O–H groups in total. The number of nitrogens with two attached hydrogens (primary N) is 1. The van der Waals surface area contributed by atoms with Crippen molar-refractivity contribution in [3.63, 3.8) is 0 Å². The normalized spacial score (nSPS) is 21.5. The van der Waals surface area contributed by atoms with Crippen LogP contribution in [-0.2, 0) is 4.74 Å². The zero-order valence-electron chi connectivity index (χ0n) is 13.4. The molecule has 0 aliphatic carbocycles. The minimum atomic E-state index is 0.261. The molecule has 1 fully saturated rings. The number of hydrogen-bond acceptors (Lipinski definition) is 4. The van der Waals surface area contributed by atoms with E-state index < -0.39 is 0 Å². The van der Waals surface area contributed by atoms with Crippen LogP contribution in [-0.4, -0.2) is 49.7 Å². The molecule has 0 radical (unpaired) electrons. The second-order valence-electron chi connectivity index (χ2n) is 5.74. The van der Waals surface area contributed by atoms with Crippen molar-refractivity contribution >= 4 is 17.3 Å². The lowest BCUT2D eigenvalue weighted by atomic mass is 10.1. The Labute approximate surface area is 136 Å². The van der Waals surface area contributed by atoms with E-state index in [2.05, 4.69) is 46.2 Å². The first-order valence-corrected chi connectivity index (χ1v) is 8.51. The van der Waals surface area contributed by atoms with Gasteiger partial charge < -0.3 is 15.8 Å². The number of hydrogen-bond donors (Lipinski definition) is 2. The lowest BCUT2D eigenvalue weighted by Crippen LogP contribution is -2.44. The van der Waals surface area contributed by atoms with Gasteiger partial charge in [-0.1, -0.05) is 18.2 Å². The maximum Gasteiger partial charge on any atom is 0.188 e. The first kappa shape index (κ1) is 17.0. The summed E-state index contributed by atoms with van der Waals surface area (Å²) < 4.78 is 5.65. The van der Waals surface area contributed by atoms with Gasteiger partial charge in [0.05, 0.1) is 25.3 Å². The minimum Gasteiger partial charge on any atom is -0.376 e. The molecule has 2 atom stereocenters. The molecule has 0 saturated carbocycles. The Bertz CT molecular complexity index is 500. The number of morpholine rings is 1. The number of ether oxygens (including phenoxy) is 1. The third-order valence-electron chi connectivity index (χ3n) is 3.59. The van der Waals surface area contributed by atoms with Crippen molar-refractivity contribution in [2.45, 2.75) is 26.0 Å². The van der Waals surface area contributed by atoms with Gasteiger partial charge in [-0.2, -0.15) is 0 Å². The summed E-state index contributed by atoms with van der Waals surface area (Å²) in [5, 5.41) is 5.19. The zero-order chi connectivity index (χ0) is 15.9. The Morgan fingerprint density at radius 3 is 3.14 bits per heavy atom. The average Bonchev–Trinajstić information content (AvgIpc) is 2.99. The second kappa shape index (κ2) is 8.31. The van der Waals surface area contributed by atoms with Crippen LogP contribution in [0.4, 0.5) is 0 Å². The van der Waals surface area contributed by atoms with Gasteiger partial charge in [-0.25, -0.2) is 0 Å². The van der Waals surface area contributed by atoms with Gasteiger partial charge in [-0.15, -0.1) is 11.3 Å². The van der Waals surface area contributed by atoms with Gasteiger partial charge in [-0.05, 0) is 25.3 Å². The fraction of sp³-hybridized carbons (Fsp3) is 0.562. The van der Waals surface area contributed by atoms with Crippen molar-refractivity contribution in [1.82, 2.24) is 10.2 Å². The van der Waals surface area contributed by atoms with E-state index in [1.807, 2.05) is 6.92 Å². The van der Waals surface area contributed by atoms with Crippen LogP contribution in [0.15, 0.2) is 34.7 Å². The van der Waals surface area contributed by atoms with Crippen LogP contribution in [0.3, 0.4) is 0 Å². The molecule has 5 nitrogen and oxygen atoms in total. The Balaban J connectivity index is 2.02. The summed E-state index contributed by atoms with van der Waals surface area (Å²) in [7, 11) is 0. The Kier molecular flexibility index (Phi) is 6.42. The lowest BCUT2D eigenvalue weighted by molar-refractivity contribution is -0.0327. The van der Waals surface area contributed by atoms with E-state index in [1.165, 1.54) is 4.88 Å². The largest absolute Gasteiger partial charge is 0.376 e. The summed E-state index contributed by atoms with van der Waals surface area (Å²) >= 11 is 1.77. The summed E-state index contributed by atoms with van der Waals surface area (Å²) in [4.78, 5) is 8.28. The molecule has 2 unspecified atom stereocenters. The topological polar surface area (TPSA) is 62.9 Å². The summed E-state index contributed by atoms with van der Waals surface area (Å²) in [6.45, 7) is 11.9. The molecular weight excluding hydrogens is 296 g/mol. The van der Waals surface area contributed by atoms with Crippen LogP contribution in [0, 0.1) is 0 Å². The van der Waals surface area contributed by atoms with E-state index in [4.69, 9.17) is 10.5 Å². The molecule has 0 spiro atoms. The summed E-state index contributed by atoms with van der Waals surface area (Å²) in [6.07, 6.45) is 0.263. The molecule has 1 aliphatic rings. The van der Waals surface area contributed by atoms with Crippen LogP contribution in [0.1, 0.15) is 24.8 Å². The third kappa shape index (κ3) is 5.12. The molecule has 1 saturated heterocycles. The minimum absolute atomic E-state index is 0.261. The standard InChI is InChI=1S/C16H26N4OS/c1-12(2)9-18-16(17)19-10-14(15-5-4-8-22-15)20-6-7-21-13(3)11-20/h4-5,8,13-14H,1,6-7,9-11H2,2-3H3,(H3,17,18,19). The number of nitrogens with one attached hydrogen (secondary N) is 1.